The Morgan fingerprint density at radius 3 is 2.59 bits per heavy atom. The van der Waals surface area contributed by atoms with Crippen molar-refractivity contribution in [1.82, 2.24) is 0 Å². The normalized spacial score (nSPS) is 10.3. The van der Waals surface area contributed by atoms with E-state index in [1.165, 1.54) is 18.2 Å². The Labute approximate surface area is 103 Å². The Hall–Kier alpha value is -1.61. The highest BCUT2D eigenvalue weighted by Gasteiger charge is 2.02. The van der Waals surface area contributed by atoms with E-state index < -0.39 is 5.82 Å². The molecule has 0 fully saturated rings. The second-order valence-corrected chi connectivity index (χ2v) is 4.04. The number of rotatable bonds is 3. The summed E-state index contributed by atoms with van der Waals surface area (Å²) in [6.07, 6.45) is 0. The van der Waals surface area contributed by atoms with Gasteiger partial charge in [-0.15, -0.1) is 0 Å². The molecule has 2 aromatic carbocycles. The van der Waals surface area contributed by atoms with Gasteiger partial charge in [0.15, 0.2) is 0 Å². The molecule has 2 rings (SSSR count). The molecule has 0 amide bonds. The maximum atomic E-state index is 13.4. The standard InChI is InChI=1S/C13H10ClF2N/c14-10-4-5-13(12(16)7-10)17-8-9-2-1-3-11(15)6-9/h1-7,17H,8H2. The second kappa shape index (κ2) is 5.15. The van der Waals surface area contributed by atoms with E-state index in [4.69, 9.17) is 11.6 Å². The van der Waals surface area contributed by atoms with Crippen LogP contribution in [0.4, 0.5) is 14.5 Å². The first-order valence-corrected chi connectivity index (χ1v) is 5.46. The molecule has 0 bridgehead atoms. The maximum Gasteiger partial charge on any atom is 0.147 e. The number of benzene rings is 2. The van der Waals surface area contributed by atoms with Crippen molar-refractivity contribution in [3.8, 4) is 0 Å². The zero-order valence-electron chi connectivity index (χ0n) is 8.88. The lowest BCUT2D eigenvalue weighted by molar-refractivity contribution is 0.625. The van der Waals surface area contributed by atoms with Crippen molar-refractivity contribution in [3.63, 3.8) is 0 Å². The molecular formula is C13H10ClF2N. The fraction of sp³-hybridized carbons (Fsp3) is 0.0769. The molecule has 0 saturated carbocycles. The lowest BCUT2D eigenvalue weighted by atomic mass is 10.2. The number of halogens is 3. The van der Waals surface area contributed by atoms with Gasteiger partial charge in [0.2, 0.25) is 0 Å². The average molecular weight is 254 g/mol. The Balaban J connectivity index is 2.07. The van der Waals surface area contributed by atoms with Gasteiger partial charge in [0.1, 0.15) is 11.6 Å². The summed E-state index contributed by atoms with van der Waals surface area (Å²) in [6, 6.07) is 10.5. The van der Waals surface area contributed by atoms with E-state index in [-0.39, 0.29) is 5.82 Å². The summed E-state index contributed by atoms with van der Waals surface area (Å²) in [7, 11) is 0. The minimum Gasteiger partial charge on any atom is -0.379 e. The monoisotopic (exact) mass is 253 g/mol. The molecule has 0 atom stereocenters. The van der Waals surface area contributed by atoms with Gasteiger partial charge in [-0.05, 0) is 35.9 Å². The molecule has 2 aromatic rings. The predicted octanol–water partition coefficient (Wildman–Crippen LogP) is 4.23. The summed E-state index contributed by atoms with van der Waals surface area (Å²) >= 11 is 5.64. The SMILES string of the molecule is Fc1cccc(CNc2ccc(Cl)cc2F)c1. The number of hydrogen-bond donors (Lipinski definition) is 1. The topological polar surface area (TPSA) is 12.0 Å². The van der Waals surface area contributed by atoms with Crippen LogP contribution >= 0.6 is 11.6 Å². The van der Waals surface area contributed by atoms with Gasteiger partial charge in [0, 0.05) is 11.6 Å². The van der Waals surface area contributed by atoms with Crippen LogP contribution in [0.15, 0.2) is 42.5 Å². The highest BCUT2D eigenvalue weighted by molar-refractivity contribution is 6.30. The first-order valence-electron chi connectivity index (χ1n) is 5.08. The first kappa shape index (κ1) is 11.9. The zero-order valence-corrected chi connectivity index (χ0v) is 9.64. The van der Waals surface area contributed by atoms with Gasteiger partial charge in [0.05, 0.1) is 5.69 Å². The Kier molecular flexibility index (Phi) is 3.59. The summed E-state index contributed by atoms with van der Waals surface area (Å²) in [6.45, 7) is 0.357. The van der Waals surface area contributed by atoms with Gasteiger partial charge >= 0.3 is 0 Å². The highest BCUT2D eigenvalue weighted by Crippen LogP contribution is 2.19. The molecule has 0 spiro atoms. The molecule has 0 heterocycles. The summed E-state index contributed by atoms with van der Waals surface area (Å²) in [5.74, 6) is -0.727. The van der Waals surface area contributed by atoms with Gasteiger partial charge < -0.3 is 5.32 Å². The first-order chi connectivity index (χ1) is 8.15. The van der Waals surface area contributed by atoms with Crippen molar-refractivity contribution in [2.24, 2.45) is 0 Å². The lowest BCUT2D eigenvalue weighted by Gasteiger charge is -2.07. The largest absolute Gasteiger partial charge is 0.379 e. The molecule has 1 nitrogen and oxygen atoms in total. The number of hydrogen-bond acceptors (Lipinski definition) is 1. The molecule has 88 valence electrons. The molecule has 0 aliphatic carbocycles. The van der Waals surface area contributed by atoms with Crippen LogP contribution in [0.2, 0.25) is 5.02 Å². The maximum absolute atomic E-state index is 13.4. The molecule has 0 aromatic heterocycles. The van der Waals surface area contributed by atoms with Crippen LogP contribution in [-0.2, 0) is 6.54 Å². The summed E-state index contributed by atoms with van der Waals surface area (Å²) in [4.78, 5) is 0. The van der Waals surface area contributed by atoms with E-state index in [0.717, 1.165) is 5.56 Å². The Morgan fingerprint density at radius 2 is 1.88 bits per heavy atom. The van der Waals surface area contributed by atoms with Crippen molar-refractivity contribution < 1.29 is 8.78 Å². The van der Waals surface area contributed by atoms with Crippen molar-refractivity contribution >= 4 is 17.3 Å². The van der Waals surface area contributed by atoms with Gasteiger partial charge in [0.25, 0.3) is 0 Å². The van der Waals surface area contributed by atoms with Crippen LogP contribution in [0, 0.1) is 11.6 Å². The molecular weight excluding hydrogens is 244 g/mol. The van der Waals surface area contributed by atoms with Crippen molar-refractivity contribution in [3.05, 3.63) is 64.7 Å². The molecule has 17 heavy (non-hydrogen) atoms. The van der Waals surface area contributed by atoms with Crippen LogP contribution < -0.4 is 5.32 Å². The van der Waals surface area contributed by atoms with E-state index in [9.17, 15) is 8.78 Å². The van der Waals surface area contributed by atoms with Crippen LogP contribution in [0.1, 0.15) is 5.56 Å². The van der Waals surface area contributed by atoms with Crippen molar-refractivity contribution in [2.75, 3.05) is 5.32 Å². The Morgan fingerprint density at radius 1 is 1.06 bits per heavy atom. The van der Waals surface area contributed by atoms with Crippen LogP contribution in [-0.4, -0.2) is 0 Å². The third kappa shape index (κ3) is 3.17. The minimum atomic E-state index is -0.422. The van der Waals surface area contributed by atoms with E-state index in [2.05, 4.69) is 5.32 Å². The predicted molar refractivity (Wildman–Crippen MR) is 65.1 cm³/mol. The van der Waals surface area contributed by atoms with Crippen LogP contribution in [0.3, 0.4) is 0 Å². The van der Waals surface area contributed by atoms with Crippen molar-refractivity contribution in [2.45, 2.75) is 6.54 Å². The van der Waals surface area contributed by atoms with Gasteiger partial charge in [-0.1, -0.05) is 23.7 Å². The summed E-state index contributed by atoms with van der Waals surface area (Å²) < 4.78 is 26.3. The fourth-order valence-electron chi connectivity index (χ4n) is 1.48. The molecule has 0 aliphatic heterocycles. The number of nitrogens with one attached hydrogen (secondary N) is 1. The molecule has 0 radical (unpaired) electrons. The third-order valence-electron chi connectivity index (χ3n) is 2.30. The molecule has 0 unspecified atom stereocenters. The zero-order chi connectivity index (χ0) is 12.3. The summed E-state index contributed by atoms with van der Waals surface area (Å²) in [5.41, 5.74) is 1.10. The quantitative estimate of drug-likeness (QED) is 0.863. The van der Waals surface area contributed by atoms with E-state index in [1.807, 2.05) is 0 Å². The van der Waals surface area contributed by atoms with Crippen molar-refractivity contribution in [1.29, 1.82) is 0 Å². The third-order valence-corrected chi connectivity index (χ3v) is 2.54. The summed E-state index contributed by atoms with van der Waals surface area (Å²) in [5, 5.41) is 3.23. The smallest absolute Gasteiger partial charge is 0.147 e. The fourth-order valence-corrected chi connectivity index (χ4v) is 1.64. The minimum absolute atomic E-state index is 0.305. The van der Waals surface area contributed by atoms with E-state index >= 15 is 0 Å². The van der Waals surface area contributed by atoms with Gasteiger partial charge in [-0.25, -0.2) is 8.78 Å². The van der Waals surface area contributed by atoms with E-state index in [1.54, 1.807) is 24.3 Å². The van der Waals surface area contributed by atoms with Crippen LogP contribution in [0.5, 0.6) is 0 Å². The number of anilines is 1. The van der Waals surface area contributed by atoms with Gasteiger partial charge in [-0.2, -0.15) is 0 Å². The van der Waals surface area contributed by atoms with Gasteiger partial charge in [-0.3, -0.25) is 0 Å². The second-order valence-electron chi connectivity index (χ2n) is 3.61. The van der Waals surface area contributed by atoms with E-state index in [0.29, 0.717) is 17.3 Å². The van der Waals surface area contributed by atoms with Crippen LogP contribution in [0.25, 0.3) is 0 Å². The molecule has 0 saturated heterocycles. The molecule has 0 aliphatic rings. The molecule has 1 N–H and O–H groups in total. The Bertz CT molecular complexity index is 529. The molecule has 4 heteroatoms. The highest BCUT2D eigenvalue weighted by atomic mass is 35.5. The average Bonchev–Trinajstić information content (AvgIpc) is 2.28. The lowest BCUT2D eigenvalue weighted by Crippen LogP contribution is -2.01.